The molecule has 0 unspecified atom stereocenters. The smallest absolute Gasteiger partial charge is 0.274 e. The Hall–Kier alpha value is -2.44. The van der Waals surface area contributed by atoms with Gasteiger partial charge in [0.05, 0.1) is 5.92 Å². The monoisotopic (exact) mass is 299 g/mol. The SMILES string of the molecule is O=C(NCC1CC1)C1CN(C(=O)c2cn3cccnc3n2)C1. The molecular weight excluding hydrogens is 282 g/mol. The van der Waals surface area contributed by atoms with Crippen LogP contribution in [0.15, 0.2) is 24.7 Å². The molecule has 1 aliphatic heterocycles. The van der Waals surface area contributed by atoms with Crippen molar-refractivity contribution in [3.63, 3.8) is 0 Å². The van der Waals surface area contributed by atoms with E-state index in [1.54, 1.807) is 34.0 Å². The number of rotatable bonds is 4. The summed E-state index contributed by atoms with van der Waals surface area (Å²) in [5.74, 6) is 1.01. The minimum absolute atomic E-state index is 0.0626. The van der Waals surface area contributed by atoms with Crippen molar-refractivity contribution in [3.8, 4) is 0 Å². The van der Waals surface area contributed by atoms with Crippen molar-refractivity contribution >= 4 is 17.6 Å². The van der Waals surface area contributed by atoms with Gasteiger partial charge in [-0.15, -0.1) is 0 Å². The van der Waals surface area contributed by atoms with Crippen LogP contribution in [0, 0.1) is 11.8 Å². The summed E-state index contributed by atoms with van der Waals surface area (Å²) >= 11 is 0. The van der Waals surface area contributed by atoms with Crippen molar-refractivity contribution in [2.24, 2.45) is 11.8 Å². The van der Waals surface area contributed by atoms with Crippen LogP contribution >= 0.6 is 0 Å². The molecule has 1 saturated carbocycles. The normalized spacial score (nSPS) is 18.3. The first-order valence-electron chi connectivity index (χ1n) is 7.57. The Bertz CT molecular complexity index is 697. The summed E-state index contributed by atoms with van der Waals surface area (Å²) in [5, 5.41) is 2.96. The summed E-state index contributed by atoms with van der Waals surface area (Å²) in [6.07, 6.45) is 7.55. The maximum atomic E-state index is 12.3. The van der Waals surface area contributed by atoms with E-state index >= 15 is 0 Å². The Balaban J connectivity index is 1.35. The molecule has 2 aromatic heterocycles. The van der Waals surface area contributed by atoms with Crippen molar-refractivity contribution in [1.82, 2.24) is 24.6 Å². The number of fused-ring (bicyclic) bond motifs is 1. The van der Waals surface area contributed by atoms with Gasteiger partial charge in [-0.25, -0.2) is 9.97 Å². The molecule has 0 spiro atoms. The van der Waals surface area contributed by atoms with Crippen LogP contribution in [0.1, 0.15) is 23.3 Å². The first-order chi connectivity index (χ1) is 10.7. The van der Waals surface area contributed by atoms with Crippen LogP contribution in [0.2, 0.25) is 0 Å². The van der Waals surface area contributed by atoms with Crippen molar-refractivity contribution in [2.75, 3.05) is 19.6 Å². The highest BCUT2D eigenvalue weighted by molar-refractivity contribution is 5.94. The summed E-state index contributed by atoms with van der Waals surface area (Å²) in [6, 6.07) is 1.78. The van der Waals surface area contributed by atoms with E-state index in [0.717, 1.165) is 6.54 Å². The number of nitrogens with zero attached hydrogens (tertiary/aromatic N) is 4. The predicted octanol–water partition coefficient (Wildman–Crippen LogP) is 0.327. The molecule has 3 heterocycles. The molecule has 2 fully saturated rings. The van der Waals surface area contributed by atoms with Crippen LogP contribution in [-0.2, 0) is 4.79 Å². The lowest BCUT2D eigenvalue weighted by Crippen LogP contribution is -2.56. The van der Waals surface area contributed by atoms with Crippen molar-refractivity contribution in [2.45, 2.75) is 12.8 Å². The van der Waals surface area contributed by atoms with Gasteiger partial charge in [0, 0.05) is 38.2 Å². The highest BCUT2D eigenvalue weighted by Crippen LogP contribution is 2.28. The van der Waals surface area contributed by atoms with Crippen LogP contribution in [-0.4, -0.2) is 50.7 Å². The Kier molecular flexibility index (Phi) is 3.06. The van der Waals surface area contributed by atoms with Crippen molar-refractivity contribution in [3.05, 3.63) is 30.4 Å². The number of imidazole rings is 1. The molecule has 1 saturated heterocycles. The Morgan fingerprint density at radius 3 is 2.86 bits per heavy atom. The van der Waals surface area contributed by atoms with Gasteiger partial charge in [0.15, 0.2) is 0 Å². The van der Waals surface area contributed by atoms with E-state index < -0.39 is 0 Å². The van der Waals surface area contributed by atoms with Gasteiger partial charge in [-0.2, -0.15) is 0 Å². The van der Waals surface area contributed by atoms with E-state index in [-0.39, 0.29) is 17.7 Å². The number of hydrogen-bond donors (Lipinski definition) is 1. The number of nitrogens with one attached hydrogen (secondary N) is 1. The maximum absolute atomic E-state index is 12.3. The average molecular weight is 299 g/mol. The Labute approximate surface area is 127 Å². The number of hydrogen-bond acceptors (Lipinski definition) is 4. The van der Waals surface area contributed by atoms with E-state index in [1.807, 2.05) is 0 Å². The predicted molar refractivity (Wildman–Crippen MR) is 78.1 cm³/mol. The molecule has 0 bridgehead atoms. The second-order valence-electron chi connectivity index (χ2n) is 6.05. The lowest BCUT2D eigenvalue weighted by atomic mass is 9.98. The van der Waals surface area contributed by atoms with Crippen LogP contribution in [0.5, 0.6) is 0 Å². The number of carbonyl (C=O) groups is 2. The standard InChI is InChI=1S/C15H17N5O2/c21-13(17-6-10-2-3-10)11-7-20(8-11)14(22)12-9-19-5-1-4-16-15(19)18-12/h1,4-5,9-11H,2-3,6-8H2,(H,17,21). The molecule has 7 nitrogen and oxygen atoms in total. The summed E-state index contributed by atoms with van der Waals surface area (Å²) in [4.78, 5) is 34.2. The number of aromatic nitrogens is 3. The minimum atomic E-state index is -0.142. The first kappa shape index (κ1) is 13.2. The number of carbonyl (C=O) groups excluding carboxylic acids is 2. The number of likely N-dealkylation sites (tertiary alicyclic amines) is 1. The van der Waals surface area contributed by atoms with E-state index in [0.29, 0.717) is 30.5 Å². The van der Waals surface area contributed by atoms with Crippen LogP contribution in [0.4, 0.5) is 0 Å². The molecular formula is C15H17N5O2. The molecule has 0 atom stereocenters. The fourth-order valence-electron chi connectivity index (χ4n) is 2.62. The third-order valence-electron chi connectivity index (χ3n) is 4.26. The van der Waals surface area contributed by atoms with Gasteiger partial charge in [0.2, 0.25) is 11.7 Å². The maximum Gasteiger partial charge on any atom is 0.274 e. The molecule has 4 rings (SSSR count). The lowest BCUT2D eigenvalue weighted by molar-refractivity contribution is -0.129. The zero-order valence-electron chi connectivity index (χ0n) is 12.1. The molecule has 2 aromatic rings. The molecule has 7 heteroatoms. The van der Waals surface area contributed by atoms with E-state index in [2.05, 4.69) is 15.3 Å². The fraction of sp³-hybridized carbons (Fsp3) is 0.467. The zero-order valence-corrected chi connectivity index (χ0v) is 12.1. The zero-order chi connectivity index (χ0) is 15.1. The van der Waals surface area contributed by atoms with Gasteiger partial charge < -0.3 is 10.2 Å². The van der Waals surface area contributed by atoms with Gasteiger partial charge in [-0.3, -0.25) is 14.0 Å². The van der Waals surface area contributed by atoms with E-state index in [1.165, 1.54) is 12.8 Å². The number of amides is 2. The largest absolute Gasteiger partial charge is 0.355 e. The van der Waals surface area contributed by atoms with E-state index in [4.69, 9.17) is 0 Å². The molecule has 1 N–H and O–H groups in total. The Morgan fingerprint density at radius 1 is 1.32 bits per heavy atom. The van der Waals surface area contributed by atoms with Crippen molar-refractivity contribution < 1.29 is 9.59 Å². The van der Waals surface area contributed by atoms with Gasteiger partial charge in [0.25, 0.3) is 5.91 Å². The Morgan fingerprint density at radius 2 is 2.14 bits per heavy atom. The molecule has 1 aliphatic carbocycles. The van der Waals surface area contributed by atoms with Crippen LogP contribution in [0.25, 0.3) is 5.78 Å². The van der Waals surface area contributed by atoms with Gasteiger partial charge in [-0.05, 0) is 24.8 Å². The molecule has 114 valence electrons. The quantitative estimate of drug-likeness (QED) is 0.882. The van der Waals surface area contributed by atoms with Crippen LogP contribution in [0.3, 0.4) is 0 Å². The van der Waals surface area contributed by atoms with Gasteiger partial charge in [-0.1, -0.05) is 0 Å². The highest BCUT2D eigenvalue weighted by atomic mass is 16.2. The fourth-order valence-corrected chi connectivity index (χ4v) is 2.62. The average Bonchev–Trinajstić information content (AvgIpc) is 3.20. The lowest BCUT2D eigenvalue weighted by Gasteiger charge is -2.37. The molecule has 22 heavy (non-hydrogen) atoms. The van der Waals surface area contributed by atoms with Gasteiger partial charge in [0.1, 0.15) is 5.69 Å². The first-order valence-corrected chi connectivity index (χ1v) is 7.57. The molecule has 2 amide bonds. The van der Waals surface area contributed by atoms with E-state index in [9.17, 15) is 9.59 Å². The molecule has 0 radical (unpaired) electrons. The topological polar surface area (TPSA) is 79.6 Å². The summed E-state index contributed by atoms with van der Waals surface area (Å²) in [7, 11) is 0. The summed E-state index contributed by atoms with van der Waals surface area (Å²) in [6.45, 7) is 1.72. The van der Waals surface area contributed by atoms with Crippen LogP contribution < -0.4 is 5.32 Å². The highest BCUT2D eigenvalue weighted by Gasteiger charge is 2.37. The summed E-state index contributed by atoms with van der Waals surface area (Å²) in [5.41, 5.74) is 0.371. The third-order valence-corrected chi connectivity index (χ3v) is 4.26. The minimum Gasteiger partial charge on any atom is -0.355 e. The second kappa shape index (κ2) is 5.08. The van der Waals surface area contributed by atoms with Crippen molar-refractivity contribution in [1.29, 1.82) is 0 Å². The second-order valence-corrected chi connectivity index (χ2v) is 6.05. The van der Waals surface area contributed by atoms with Gasteiger partial charge >= 0.3 is 0 Å². The molecule has 2 aliphatic rings. The summed E-state index contributed by atoms with van der Waals surface area (Å²) < 4.78 is 1.72. The molecule has 0 aromatic carbocycles. The third kappa shape index (κ3) is 2.43.